The number of aromatic nitrogens is 3. The van der Waals surface area contributed by atoms with Crippen LogP contribution in [0.3, 0.4) is 0 Å². The third-order valence-corrected chi connectivity index (χ3v) is 3.91. The van der Waals surface area contributed by atoms with Crippen LogP contribution in [-0.2, 0) is 0 Å². The Morgan fingerprint density at radius 3 is 2.76 bits per heavy atom. The van der Waals surface area contributed by atoms with Crippen LogP contribution in [-0.4, -0.2) is 24.8 Å². The molecule has 0 amide bonds. The van der Waals surface area contributed by atoms with Crippen molar-refractivity contribution in [1.29, 1.82) is 0 Å². The van der Waals surface area contributed by atoms with E-state index in [9.17, 15) is 24.8 Å². The minimum absolute atomic E-state index is 0.0556. The molecule has 4 rings (SSSR count). The van der Waals surface area contributed by atoms with E-state index in [0.29, 0.717) is 0 Å². The summed E-state index contributed by atoms with van der Waals surface area (Å²) in [6.45, 7) is 0. The van der Waals surface area contributed by atoms with Gasteiger partial charge >= 0.3 is 5.76 Å². The zero-order valence-electron chi connectivity index (χ0n) is 12.6. The van der Waals surface area contributed by atoms with Crippen LogP contribution in [0.2, 0.25) is 0 Å². The number of nitro benzene ring substituents is 1. The van der Waals surface area contributed by atoms with Gasteiger partial charge in [-0.2, -0.15) is 5.10 Å². The van der Waals surface area contributed by atoms with E-state index in [1.807, 2.05) is 0 Å². The number of hydrogen-bond acceptors (Lipinski definition) is 8. The van der Waals surface area contributed by atoms with Crippen LogP contribution >= 0.6 is 0 Å². The van der Waals surface area contributed by atoms with E-state index in [2.05, 4.69) is 10.1 Å². The van der Waals surface area contributed by atoms with Gasteiger partial charge in [0.1, 0.15) is 11.1 Å². The van der Waals surface area contributed by atoms with Gasteiger partial charge in [-0.15, -0.1) is 4.98 Å². The zero-order chi connectivity index (χ0) is 17.7. The van der Waals surface area contributed by atoms with Crippen LogP contribution in [0.1, 0.15) is 18.9 Å². The van der Waals surface area contributed by atoms with Gasteiger partial charge in [-0.25, -0.2) is 9.48 Å². The molecule has 0 atom stereocenters. The van der Waals surface area contributed by atoms with Gasteiger partial charge in [0.15, 0.2) is 5.58 Å². The Balaban J connectivity index is 2.11. The van der Waals surface area contributed by atoms with Crippen LogP contribution in [0.15, 0.2) is 38.3 Å². The van der Waals surface area contributed by atoms with Crippen LogP contribution in [0.5, 0.6) is 5.88 Å². The number of fused-ring (bicyclic) bond motifs is 1. The molecule has 0 radical (unpaired) electrons. The molecule has 1 aliphatic carbocycles. The number of hydrogen-bond donors (Lipinski definition) is 1. The van der Waals surface area contributed by atoms with E-state index in [0.717, 1.165) is 12.8 Å². The lowest BCUT2D eigenvalue weighted by Crippen LogP contribution is -2.24. The van der Waals surface area contributed by atoms with E-state index < -0.39 is 22.1 Å². The smallest absolute Gasteiger partial charge is 0.442 e. The van der Waals surface area contributed by atoms with Gasteiger partial charge in [-0.1, -0.05) is 12.1 Å². The van der Waals surface area contributed by atoms with Gasteiger partial charge in [-0.3, -0.25) is 14.9 Å². The van der Waals surface area contributed by atoms with Gasteiger partial charge in [0.25, 0.3) is 11.2 Å². The second-order valence-electron chi connectivity index (χ2n) is 5.64. The second-order valence-corrected chi connectivity index (χ2v) is 5.64. The minimum atomic E-state index is -1.10. The van der Waals surface area contributed by atoms with Crippen molar-refractivity contribution < 1.29 is 14.4 Å². The highest BCUT2D eigenvalue weighted by molar-refractivity contribution is 5.91. The predicted molar refractivity (Wildman–Crippen MR) is 84.4 cm³/mol. The molecule has 3 aromatic rings. The summed E-state index contributed by atoms with van der Waals surface area (Å²) in [5, 5.41) is 24.9. The summed E-state index contributed by atoms with van der Waals surface area (Å²) in [6, 6.07) is 5.42. The Bertz CT molecular complexity index is 1140. The number of non-ortho nitro benzene ring substituents is 1. The summed E-state index contributed by atoms with van der Waals surface area (Å²) in [4.78, 5) is 37.7. The molecule has 0 unspecified atom stereocenters. The lowest BCUT2D eigenvalue weighted by atomic mass is 10.1. The Kier molecular flexibility index (Phi) is 3.14. The van der Waals surface area contributed by atoms with Crippen molar-refractivity contribution in [2.45, 2.75) is 18.9 Å². The van der Waals surface area contributed by atoms with Crippen LogP contribution in [0.4, 0.5) is 5.69 Å². The van der Waals surface area contributed by atoms with E-state index in [1.165, 1.54) is 28.9 Å². The maximum atomic E-state index is 12.5. The van der Waals surface area contributed by atoms with Crippen molar-refractivity contribution in [2.24, 2.45) is 0 Å². The van der Waals surface area contributed by atoms with Gasteiger partial charge in [-0.05, 0) is 12.8 Å². The molecular weight excluding hydrogens is 332 g/mol. The summed E-state index contributed by atoms with van der Waals surface area (Å²) in [5.74, 6) is -1.85. The maximum Gasteiger partial charge on any atom is 0.442 e. The van der Waals surface area contributed by atoms with Crippen LogP contribution in [0.25, 0.3) is 22.2 Å². The fourth-order valence-corrected chi connectivity index (χ4v) is 2.60. The lowest BCUT2D eigenvalue weighted by molar-refractivity contribution is -0.384. The molecule has 0 bridgehead atoms. The Morgan fingerprint density at radius 1 is 1.32 bits per heavy atom. The molecule has 1 aliphatic rings. The van der Waals surface area contributed by atoms with E-state index in [-0.39, 0.29) is 34.0 Å². The number of nitrogens with zero attached hydrogens (tertiary/aromatic N) is 4. The molecule has 0 spiro atoms. The largest absolute Gasteiger partial charge is 0.492 e. The van der Waals surface area contributed by atoms with Gasteiger partial charge in [0, 0.05) is 17.7 Å². The SMILES string of the molecule is O=c1nc(O)c2c(=O)n(C3CC3)nc(-c3cccc([N+](=O)[O-])c3)c2o1. The van der Waals surface area contributed by atoms with E-state index >= 15 is 0 Å². The topological polar surface area (TPSA) is 141 Å². The quantitative estimate of drug-likeness (QED) is 0.555. The highest BCUT2D eigenvalue weighted by atomic mass is 16.6. The van der Waals surface area contributed by atoms with Crippen molar-refractivity contribution in [1.82, 2.24) is 14.8 Å². The third kappa shape index (κ3) is 2.43. The molecule has 25 heavy (non-hydrogen) atoms. The van der Waals surface area contributed by atoms with Crippen molar-refractivity contribution in [3.05, 3.63) is 55.3 Å². The fraction of sp³-hybridized carbons (Fsp3) is 0.200. The molecule has 1 N–H and O–H groups in total. The first-order valence-corrected chi connectivity index (χ1v) is 7.37. The molecule has 10 nitrogen and oxygen atoms in total. The fourth-order valence-electron chi connectivity index (χ4n) is 2.60. The van der Waals surface area contributed by atoms with Crippen LogP contribution < -0.4 is 11.3 Å². The first-order valence-electron chi connectivity index (χ1n) is 7.37. The molecule has 2 heterocycles. The minimum Gasteiger partial charge on any atom is -0.492 e. The zero-order valence-corrected chi connectivity index (χ0v) is 12.6. The van der Waals surface area contributed by atoms with Crippen molar-refractivity contribution in [3.8, 4) is 17.1 Å². The number of rotatable bonds is 3. The van der Waals surface area contributed by atoms with E-state index in [1.54, 1.807) is 0 Å². The maximum absolute atomic E-state index is 12.5. The average molecular weight is 342 g/mol. The van der Waals surface area contributed by atoms with Gasteiger partial charge < -0.3 is 9.52 Å². The summed E-state index contributed by atoms with van der Waals surface area (Å²) < 4.78 is 6.18. The molecule has 10 heteroatoms. The van der Waals surface area contributed by atoms with Crippen molar-refractivity contribution in [3.63, 3.8) is 0 Å². The van der Waals surface area contributed by atoms with Crippen molar-refractivity contribution in [2.75, 3.05) is 0 Å². The van der Waals surface area contributed by atoms with E-state index in [4.69, 9.17) is 4.42 Å². The van der Waals surface area contributed by atoms with Crippen molar-refractivity contribution >= 4 is 16.7 Å². The monoisotopic (exact) mass is 342 g/mol. The number of benzene rings is 1. The molecule has 1 saturated carbocycles. The molecule has 1 aromatic carbocycles. The second kappa shape index (κ2) is 5.23. The van der Waals surface area contributed by atoms with Gasteiger partial charge in [0.2, 0.25) is 5.88 Å². The molecule has 2 aromatic heterocycles. The Morgan fingerprint density at radius 2 is 2.08 bits per heavy atom. The first-order chi connectivity index (χ1) is 12.0. The Labute approximate surface area is 138 Å². The third-order valence-electron chi connectivity index (χ3n) is 3.91. The van der Waals surface area contributed by atoms with Gasteiger partial charge in [0.05, 0.1) is 11.0 Å². The predicted octanol–water partition coefficient (Wildman–Crippen LogP) is 1.36. The normalized spacial score (nSPS) is 13.9. The Hall–Kier alpha value is -3.56. The summed E-state index contributed by atoms with van der Waals surface area (Å²) >= 11 is 0. The highest BCUT2D eigenvalue weighted by Crippen LogP contribution is 2.35. The molecule has 0 saturated heterocycles. The lowest BCUT2D eigenvalue weighted by Gasteiger charge is -2.09. The number of nitro groups is 1. The molecule has 0 aliphatic heterocycles. The van der Waals surface area contributed by atoms with Crippen LogP contribution in [0, 0.1) is 10.1 Å². The summed E-state index contributed by atoms with van der Waals surface area (Å²) in [6.07, 6.45) is 1.50. The molecule has 126 valence electrons. The molecular formula is C15H10N4O6. The summed E-state index contributed by atoms with van der Waals surface area (Å²) in [7, 11) is 0. The number of aromatic hydroxyl groups is 1. The average Bonchev–Trinajstić information content (AvgIpc) is 3.39. The molecule has 1 fully saturated rings. The first kappa shape index (κ1) is 15.0. The highest BCUT2D eigenvalue weighted by Gasteiger charge is 2.30. The summed E-state index contributed by atoms with van der Waals surface area (Å²) in [5.41, 5.74) is -0.722. The standard InChI is InChI=1S/C15H10N4O6/c20-13-10-12(25-15(22)16-13)11(17-18(14(10)21)8-4-5-8)7-2-1-3-9(6-7)19(23)24/h1-3,6,8H,4-5H2,(H,16,20,22).